The van der Waals surface area contributed by atoms with Gasteiger partial charge in [0.2, 0.25) is 0 Å². The van der Waals surface area contributed by atoms with Crippen molar-refractivity contribution in [2.24, 2.45) is 0 Å². The maximum absolute atomic E-state index is 10.4. The first-order valence-corrected chi connectivity index (χ1v) is 3.44. The third-order valence-corrected chi connectivity index (χ3v) is 1.54. The monoisotopic (exact) mass is 313 g/mol. The minimum absolute atomic E-state index is 0. The maximum Gasteiger partial charge on any atom is 1.00 e. The quantitative estimate of drug-likeness (QED) is 0.368. The molecule has 0 aromatic carbocycles. The van der Waals surface area contributed by atoms with Crippen LogP contribution < -0.4 is 12.4 Å². The molecule has 0 aliphatic carbocycles. The first-order valence-electron chi connectivity index (χ1n) is 3.44. The Bertz CT molecular complexity index is 305. The fraction of sp³-hybridized carbons (Fsp3) is 0.500. The van der Waals surface area contributed by atoms with Gasteiger partial charge in [-0.3, -0.25) is 0 Å². The molecule has 8 heteroatoms. The number of hydrogen-bond donors (Lipinski definition) is 1. The molecule has 14 heavy (non-hydrogen) atoms. The van der Waals surface area contributed by atoms with Gasteiger partial charge in [-0.05, 0) is 4.92 Å². The number of aliphatic hydroxyl groups is 1. The molecule has 1 aromatic rings. The number of nitro groups is 1. The molecule has 0 aliphatic heterocycles. The van der Waals surface area contributed by atoms with Crippen molar-refractivity contribution < 1.29 is 44.8 Å². The van der Waals surface area contributed by atoms with Gasteiger partial charge in [-0.15, -0.1) is 0 Å². The summed E-state index contributed by atoms with van der Waals surface area (Å²) in [6.45, 7) is 1.74. The Labute approximate surface area is 102 Å². The molecule has 0 radical (unpaired) electrons. The van der Waals surface area contributed by atoms with Crippen molar-refractivity contribution in [3.63, 3.8) is 0 Å². The average Bonchev–Trinajstić information content (AvgIpc) is 2.34. The number of aliphatic hydroxyl groups excluding tert-OH is 1. The van der Waals surface area contributed by atoms with Crippen molar-refractivity contribution in [3.8, 4) is 0 Å². The number of imidazole rings is 1. The van der Waals surface area contributed by atoms with Crippen LogP contribution in [-0.2, 0) is 28.9 Å². The molecule has 0 unspecified atom stereocenters. The molecular weight excluding hydrogens is 305 g/mol. The number of halogens is 1. The molecule has 6 nitrogen and oxygen atoms in total. The number of rotatable bonds is 3. The molecule has 0 atom stereocenters. The zero-order chi connectivity index (χ0) is 9.14. The Morgan fingerprint density at radius 1 is 1.71 bits per heavy atom. The zero-order valence-corrected chi connectivity index (χ0v) is 9.51. The van der Waals surface area contributed by atoms with Crippen LogP contribution in [0.3, 0.4) is 0 Å². The Kier molecular flexibility index (Phi) is 7.99. The fourth-order valence-electron chi connectivity index (χ4n) is 0.978. The van der Waals surface area contributed by atoms with Crippen molar-refractivity contribution in [1.82, 2.24) is 9.55 Å². The molecule has 1 N–H and O–H groups in total. The summed E-state index contributed by atoms with van der Waals surface area (Å²) in [7, 11) is 0. The largest absolute Gasteiger partial charge is 1.00 e. The summed E-state index contributed by atoms with van der Waals surface area (Å²) in [6.07, 6.45) is 1.19. The van der Waals surface area contributed by atoms with E-state index in [2.05, 4.69) is 4.98 Å². The van der Waals surface area contributed by atoms with Crippen molar-refractivity contribution in [2.45, 2.75) is 13.5 Å². The van der Waals surface area contributed by atoms with Crippen LogP contribution in [0.25, 0.3) is 0 Å². The van der Waals surface area contributed by atoms with Gasteiger partial charge >= 0.3 is 28.2 Å². The molecule has 0 aliphatic rings. The fourth-order valence-corrected chi connectivity index (χ4v) is 0.978. The van der Waals surface area contributed by atoms with Gasteiger partial charge in [0.05, 0.1) is 6.61 Å². The second-order valence-corrected chi connectivity index (χ2v) is 2.30. The van der Waals surface area contributed by atoms with Crippen LogP contribution in [0.5, 0.6) is 0 Å². The zero-order valence-electron chi connectivity index (χ0n) is 7.28. The molecule has 84 valence electrons. The normalized spacial score (nSPS) is 8.71. The van der Waals surface area contributed by atoms with Gasteiger partial charge in [0, 0.05) is 6.92 Å². The van der Waals surface area contributed by atoms with Crippen LogP contribution in [0.2, 0.25) is 0 Å². The topological polar surface area (TPSA) is 81.2 Å². The van der Waals surface area contributed by atoms with Crippen LogP contribution in [0.4, 0.5) is 5.82 Å². The number of nitrogens with zero attached hydrogens (tertiary/aromatic N) is 3. The summed E-state index contributed by atoms with van der Waals surface area (Å²) < 4.78 is 1.36. The predicted octanol–water partition coefficient (Wildman–Crippen LogP) is -2.91. The Hall–Kier alpha value is -0.400. The summed E-state index contributed by atoms with van der Waals surface area (Å²) in [5, 5.41) is 19.0. The van der Waals surface area contributed by atoms with E-state index in [0.29, 0.717) is 5.82 Å². The maximum atomic E-state index is 10.4. The second-order valence-electron chi connectivity index (χ2n) is 2.30. The molecular formula is C6H9AgClN3O3. The van der Waals surface area contributed by atoms with Gasteiger partial charge in [-0.1, -0.05) is 0 Å². The molecule has 1 rings (SSSR count). The molecule has 0 amide bonds. The van der Waals surface area contributed by atoms with Gasteiger partial charge in [-0.2, -0.15) is 0 Å². The van der Waals surface area contributed by atoms with Gasteiger partial charge < -0.3 is 27.6 Å². The summed E-state index contributed by atoms with van der Waals surface area (Å²) in [6, 6.07) is 0. The minimum Gasteiger partial charge on any atom is -1.00 e. The standard InChI is InChI=1S/C6H9N3O3.Ag.ClH/c1-5-7-4-6(9(11)12)8(5)2-3-10;;/h4,10H,2-3H2,1H3;;1H/q;+1;/p-1. The third-order valence-electron chi connectivity index (χ3n) is 1.54. The van der Waals surface area contributed by atoms with E-state index < -0.39 is 4.92 Å². The minimum atomic E-state index is -0.518. The van der Waals surface area contributed by atoms with Gasteiger partial charge in [0.1, 0.15) is 12.7 Å². The van der Waals surface area contributed by atoms with Crippen LogP contribution in [0, 0.1) is 17.0 Å². The molecule has 0 spiro atoms. The predicted molar refractivity (Wildman–Crippen MR) is 40.7 cm³/mol. The number of aromatic nitrogens is 2. The van der Waals surface area contributed by atoms with Gasteiger partial charge in [0.25, 0.3) is 0 Å². The van der Waals surface area contributed by atoms with Crippen molar-refractivity contribution in [2.75, 3.05) is 6.61 Å². The van der Waals surface area contributed by atoms with E-state index in [0.717, 1.165) is 0 Å². The van der Waals surface area contributed by atoms with Crippen LogP contribution >= 0.6 is 0 Å². The smallest absolute Gasteiger partial charge is 1.00 e. The van der Waals surface area contributed by atoms with E-state index >= 15 is 0 Å². The van der Waals surface area contributed by atoms with E-state index in [1.807, 2.05) is 0 Å². The molecule has 0 bridgehead atoms. The third kappa shape index (κ3) is 3.39. The summed E-state index contributed by atoms with van der Waals surface area (Å²) in [5.41, 5.74) is 0. The molecule has 0 saturated carbocycles. The van der Waals surface area contributed by atoms with E-state index in [1.165, 1.54) is 10.8 Å². The van der Waals surface area contributed by atoms with E-state index in [-0.39, 0.29) is 53.8 Å². The van der Waals surface area contributed by atoms with E-state index in [9.17, 15) is 10.1 Å². The molecule has 0 saturated heterocycles. The Morgan fingerprint density at radius 3 is 2.71 bits per heavy atom. The van der Waals surface area contributed by atoms with Crippen LogP contribution in [0.15, 0.2) is 6.20 Å². The van der Waals surface area contributed by atoms with Gasteiger partial charge in [0.15, 0.2) is 5.82 Å². The SMILES string of the molecule is Cc1ncc([N+](=O)[O-])n1CCO.[Ag+].[Cl-]. The van der Waals surface area contributed by atoms with Crippen molar-refractivity contribution >= 4 is 5.82 Å². The second kappa shape index (κ2) is 6.97. The first-order chi connectivity index (χ1) is 5.66. The molecule has 1 heterocycles. The Balaban J connectivity index is 0. The number of hydrogen-bond acceptors (Lipinski definition) is 4. The van der Waals surface area contributed by atoms with Crippen LogP contribution in [-0.4, -0.2) is 26.2 Å². The van der Waals surface area contributed by atoms with E-state index in [4.69, 9.17) is 5.11 Å². The van der Waals surface area contributed by atoms with Crippen molar-refractivity contribution in [3.05, 3.63) is 22.1 Å². The van der Waals surface area contributed by atoms with Crippen molar-refractivity contribution in [1.29, 1.82) is 0 Å². The van der Waals surface area contributed by atoms with Gasteiger partial charge in [-0.25, -0.2) is 9.55 Å². The summed E-state index contributed by atoms with van der Waals surface area (Å²) in [5.74, 6) is 0.456. The Morgan fingerprint density at radius 2 is 2.29 bits per heavy atom. The molecule has 1 aromatic heterocycles. The van der Waals surface area contributed by atoms with Crippen LogP contribution in [0.1, 0.15) is 5.82 Å². The number of aryl methyl sites for hydroxylation is 1. The molecule has 0 fully saturated rings. The summed E-state index contributed by atoms with van der Waals surface area (Å²) in [4.78, 5) is 13.6. The first kappa shape index (κ1) is 16.0. The average molecular weight is 314 g/mol. The van der Waals surface area contributed by atoms with E-state index in [1.54, 1.807) is 6.92 Å². The summed E-state index contributed by atoms with van der Waals surface area (Å²) >= 11 is 0.